The van der Waals surface area contributed by atoms with Crippen LogP contribution in [0, 0.1) is 11.8 Å². The third-order valence-electron chi connectivity index (χ3n) is 2.63. The molecule has 0 bridgehead atoms. The van der Waals surface area contributed by atoms with Crippen LogP contribution in [0.4, 0.5) is 0 Å². The Bertz CT molecular complexity index is 718. The van der Waals surface area contributed by atoms with Crippen LogP contribution < -0.4 is 0 Å². The van der Waals surface area contributed by atoms with Crippen LogP contribution in [0.3, 0.4) is 0 Å². The van der Waals surface area contributed by atoms with Gasteiger partial charge in [-0.2, -0.15) is 0 Å². The molecule has 1 aromatic carbocycles. The lowest BCUT2D eigenvalue weighted by Crippen LogP contribution is -1.75. The maximum atomic E-state index is 4.34. The zero-order chi connectivity index (χ0) is 12.9. The van der Waals surface area contributed by atoms with Gasteiger partial charge in [0.15, 0.2) is 0 Å². The van der Waals surface area contributed by atoms with Gasteiger partial charge in [-0.05, 0) is 36.4 Å². The van der Waals surface area contributed by atoms with E-state index < -0.39 is 0 Å². The van der Waals surface area contributed by atoms with Crippen molar-refractivity contribution in [2.24, 2.45) is 0 Å². The van der Waals surface area contributed by atoms with Crippen LogP contribution in [0.5, 0.6) is 0 Å². The maximum Gasteiger partial charge on any atom is 0.0802 e. The average molecular weight is 261 g/mol. The number of hydrogen-bond acceptors (Lipinski definition) is 2. The summed E-state index contributed by atoms with van der Waals surface area (Å²) < 4.78 is 0. The molecule has 19 heavy (non-hydrogen) atoms. The Labute approximate surface area is 116 Å². The number of hydrogen-bond donors (Lipinski definition) is 0. The molecule has 0 saturated heterocycles. The van der Waals surface area contributed by atoms with E-state index in [0.717, 1.165) is 21.0 Å². The minimum atomic E-state index is 1.00. The largest absolute Gasteiger partial charge is 0.255 e. The van der Waals surface area contributed by atoms with Crippen molar-refractivity contribution in [2.45, 2.75) is 0 Å². The molecule has 0 atom stereocenters. The van der Waals surface area contributed by atoms with Crippen molar-refractivity contribution < 1.29 is 0 Å². The third-order valence-corrected chi connectivity index (χ3v) is 3.65. The summed E-state index contributed by atoms with van der Waals surface area (Å²) in [6.07, 6.45) is 1.81. The number of rotatable bonds is 1. The molecule has 3 rings (SSSR count). The molecule has 2 heteroatoms. The van der Waals surface area contributed by atoms with E-state index >= 15 is 0 Å². The normalized spacial score (nSPS) is 9.68. The van der Waals surface area contributed by atoms with E-state index in [1.54, 1.807) is 11.3 Å². The minimum Gasteiger partial charge on any atom is -0.255 e. The van der Waals surface area contributed by atoms with Crippen molar-refractivity contribution in [3.63, 3.8) is 0 Å². The molecular weight excluding hydrogens is 250 g/mol. The lowest BCUT2D eigenvalue weighted by Gasteiger charge is -1.92. The molecule has 0 aliphatic carbocycles. The average Bonchev–Trinajstić information content (AvgIpc) is 2.96. The molecule has 0 radical (unpaired) electrons. The van der Waals surface area contributed by atoms with Gasteiger partial charge in [0.25, 0.3) is 0 Å². The summed E-state index contributed by atoms with van der Waals surface area (Å²) in [6.45, 7) is 0. The molecule has 90 valence electrons. The number of thiophene rings is 1. The summed E-state index contributed by atoms with van der Waals surface area (Å²) in [5, 5.41) is 0. The van der Waals surface area contributed by atoms with Crippen LogP contribution >= 0.6 is 11.3 Å². The van der Waals surface area contributed by atoms with Gasteiger partial charge < -0.3 is 0 Å². The fraction of sp³-hybridized carbons (Fsp3) is 0. The zero-order valence-electron chi connectivity index (χ0n) is 10.2. The molecule has 0 aliphatic rings. The molecule has 2 heterocycles. The van der Waals surface area contributed by atoms with Crippen molar-refractivity contribution >= 4 is 11.3 Å². The molecule has 1 nitrogen and oxygen atoms in total. The van der Waals surface area contributed by atoms with Gasteiger partial charge in [-0.1, -0.05) is 36.1 Å². The molecule has 0 spiro atoms. The maximum absolute atomic E-state index is 4.34. The van der Waals surface area contributed by atoms with Crippen molar-refractivity contribution in [1.29, 1.82) is 0 Å². The van der Waals surface area contributed by atoms with E-state index in [-0.39, 0.29) is 0 Å². The Hall–Kier alpha value is -2.37. The molecule has 0 N–H and O–H groups in total. The third kappa shape index (κ3) is 2.90. The summed E-state index contributed by atoms with van der Waals surface area (Å²) in [4.78, 5) is 6.55. The predicted molar refractivity (Wildman–Crippen MR) is 80.0 cm³/mol. The highest BCUT2D eigenvalue weighted by Gasteiger charge is 2.01. The van der Waals surface area contributed by atoms with Crippen LogP contribution in [0.2, 0.25) is 0 Å². The highest BCUT2D eigenvalue weighted by atomic mass is 32.1. The molecule has 2 aromatic heterocycles. The van der Waals surface area contributed by atoms with Gasteiger partial charge in [-0.15, -0.1) is 11.3 Å². The van der Waals surface area contributed by atoms with Gasteiger partial charge in [-0.25, -0.2) is 0 Å². The molecule has 0 unspecified atom stereocenters. The monoisotopic (exact) mass is 261 g/mol. The number of nitrogens with zero attached hydrogens (tertiary/aromatic N) is 1. The van der Waals surface area contributed by atoms with Gasteiger partial charge in [0, 0.05) is 11.8 Å². The van der Waals surface area contributed by atoms with Crippen LogP contribution in [0.25, 0.3) is 10.6 Å². The smallest absolute Gasteiger partial charge is 0.0802 e. The van der Waals surface area contributed by atoms with E-state index in [4.69, 9.17) is 0 Å². The highest BCUT2D eigenvalue weighted by Crippen LogP contribution is 2.25. The fourth-order valence-electron chi connectivity index (χ4n) is 1.71. The van der Waals surface area contributed by atoms with Crippen molar-refractivity contribution in [3.05, 3.63) is 77.3 Å². The second kappa shape index (κ2) is 5.51. The zero-order valence-corrected chi connectivity index (χ0v) is 11.0. The summed E-state index contributed by atoms with van der Waals surface area (Å²) >= 11 is 1.67. The Morgan fingerprint density at radius 2 is 1.63 bits per heavy atom. The quantitative estimate of drug-likeness (QED) is 0.598. The first-order valence-corrected chi connectivity index (χ1v) is 6.82. The van der Waals surface area contributed by atoms with E-state index in [1.807, 2.05) is 60.8 Å². The number of benzene rings is 1. The standard InChI is InChI=1S/C17H11NS/c1-2-6-14(7-3-1)9-10-15-11-12-17(19-15)16-8-4-5-13-18-16/h1-8,11-13H. The van der Waals surface area contributed by atoms with E-state index in [0.29, 0.717) is 0 Å². The highest BCUT2D eigenvalue weighted by molar-refractivity contribution is 7.16. The Morgan fingerprint density at radius 1 is 0.789 bits per heavy atom. The SMILES string of the molecule is C(#Cc1ccc(-c2ccccn2)s1)c1ccccc1. The minimum absolute atomic E-state index is 1.00. The Kier molecular flexibility index (Phi) is 3.40. The fourth-order valence-corrected chi connectivity index (χ4v) is 2.54. The van der Waals surface area contributed by atoms with Crippen LogP contribution in [0.15, 0.2) is 66.9 Å². The first-order chi connectivity index (χ1) is 9.42. The van der Waals surface area contributed by atoms with E-state index in [2.05, 4.69) is 22.9 Å². The van der Waals surface area contributed by atoms with Crippen LogP contribution in [0.1, 0.15) is 10.4 Å². The second-order valence-electron chi connectivity index (χ2n) is 3.99. The Morgan fingerprint density at radius 3 is 2.42 bits per heavy atom. The second-order valence-corrected chi connectivity index (χ2v) is 5.08. The molecule has 0 amide bonds. The summed E-state index contributed by atoms with van der Waals surface area (Å²) in [5.41, 5.74) is 2.04. The van der Waals surface area contributed by atoms with Crippen LogP contribution in [-0.2, 0) is 0 Å². The lowest BCUT2D eigenvalue weighted by molar-refractivity contribution is 1.34. The number of aromatic nitrogens is 1. The summed E-state index contributed by atoms with van der Waals surface area (Å²) in [6, 6.07) is 20.1. The van der Waals surface area contributed by atoms with Crippen molar-refractivity contribution in [1.82, 2.24) is 4.98 Å². The molecule has 0 aliphatic heterocycles. The van der Waals surface area contributed by atoms with Gasteiger partial charge in [0.2, 0.25) is 0 Å². The van der Waals surface area contributed by atoms with Crippen molar-refractivity contribution in [3.8, 4) is 22.4 Å². The van der Waals surface area contributed by atoms with E-state index in [9.17, 15) is 0 Å². The first kappa shape index (κ1) is 11.7. The van der Waals surface area contributed by atoms with Crippen molar-refractivity contribution in [2.75, 3.05) is 0 Å². The summed E-state index contributed by atoms with van der Waals surface area (Å²) in [5.74, 6) is 6.36. The predicted octanol–water partition coefficient (Wildman–Crippen LogP) is 4.21. The van der Waals surface area contributed by atoms with Crippen LogP contribution in [-0.4, -0.2) is 4.98 Å². The Balaban J connectivity index is 1.85. The lowest BCUT2D eigenvalue weighted by atomic mass is 10.2. The molecular formula is C17H11NS. The number of pyridine rings is 1. The first-order valence-electron chi connectivity index (χ1n) is 6.00. The van der Waals surface area contributed by atoms with Gasteiger partial charge in [0.05, 0.1) is 15.4 Å². The topological polar surface area (TPSA) is 12.9 Å². The van der Waals surface area contributed by atoms with Gasteiger partial charge in [0.1, 0.15) is 0 Å². The molecule has 0 fully saturated rings. The van der Waals surface area contributed by atoms with Gasteiger partial charge in [-0.3, -0.25) is 4.98 Å². The summed E-state index contributed by atoms with van der Waals surface area (Å²) in [7, 11) is 0. The van der Waals surface area contributed by atoms with Gasteiger partial charge >= 0.3 is 0 Å². The molecule has 3 aromatic rings. The van der Waals surface area contributed by atoms with E-state index in [1.165, 1.54) is 0 Å². The molecule has 0 saturated carbocycles.